The molecule has 1 aliphatic rings. The summed E-state index contributed by atoms with van der Waals surface area (Å²) in [6.45, 7) is -1.09. The number of nitrogens with zero attached hydrogens (tertiary/aromatic N) is 2. The molecule has 2 heterocycles. The number of nitrogen functional groups attached to an aromatic ring is 1. The molecule has 3 unspecified atom stereocenters. The number of hydrogen-bond donors (Lipinski definition) is 14. The van der Waals surface area contributed by atoms with E-state index in [2.05, 4.69) is 4.98 Å². The molecule has 38 heavy (non-hydrogen) atoms. The highest BCUT2D eigenvalue weighted by atomic mass is 31.2. The third kappa shape index (κ3) is 17.7. The van der Waals surface area contributed by atoms with Crippen LogP contribution in [0.3, 0.4) is 0 Å². The summed E-state index contributed by atoms with van der Waals surface area (Å²) in [6, 6.07) is 1.37. The van der Waals surface area contributed by atoms with Crippen LogP contribution < -0.4 is 11.4 Å². The maximum Gasteiger partial charge on any atom is 0.466 e. The number of phosphoric acid groups is 2. The highest BCUT2D eigenvalue weighted by Crippen LogP contribution is 2.28. The monoisotopic (exact) mass is 603 g/mol. The van der Waals surface area contributed by atoms with Crippen molar-refractivity contribution in [2.75, 3.05) is 18.9 Å². The Bertz CT molecular complexity index is 932. The lowest BCUT2D eigenvalue weighted by Crippen LogP contribution is -2.39. The number of aliphatic hydroxyl groups excluding tert-OH is 7. The van der Waals surface area contributed by atoms with Crippen molar-refractivity contribution in [1.82, 2.24) is 9.55 Å². The first-order valence-corrected chi connectivity index (χ1v) is 12.9. The van der Waals surface area contributed by atoms with Crippen LogP contribution in [-0.2, 0) is 18.7 Å². The van der Waals surface area contributed by atoms with E-state index in [1.54, 1.807) is 0 Å². The summed E-state index contributed by atoms with van der Waals surface area (Å²) in [4.78, 5) is 67.9. The largest absolute Gasteiger partial charge is 0.466 e. The Morgan fingerprint density at radius 1 is 1.00 bits per heavy atom. The van der Waals surface area contributed by atoms with Gasteiger partial charge < -0.3 is 80.4 Å². The van der Waals surface area contributed by atoms with E-state index >= 15 is 0 Å². The summed E-state index contributed by atoms with van der Waals surface area (Å²) in [6.07, 6.45) is -7.27. The zero-order valence-electron chi connectivity index (χ0n) is 19.1. The van der Waals surface area contributed by atoms with Crippen LogP contribution >= 0.6 is 15.6 Å². The van der Waals surface area contributed by atoms with E-state index in [0.29, 0.717) is 6.29 Å². The third-order valence-corrected chi connectivity index (χ3v) is 3.96. The van der Waals surface area contributed by atoms with Gasteiger partial charge in [0.15, 0.2) is 6.23 Å². The van der Waals surface area contributed by atoms with Crippen LogP contribution in [0, 0.1) is 0 Å². The van der Waals surface area contributed by atoms with Crippen LogP contribution in [0.4, 0.5) is 5.82 Å². The summed E-state index contributed by atoms with van der Waals surface area (Å²) in [5.41, 5.74) is 4.63. The first-order chi connectivity index (χ1) is 17.2. The standard InChI is InChI=1S/C9H13N3O5.C6H12O5.2H3O4P/c10-5-1-2-12(9(16)11-5)8-7(15)6(14)4(3-13)17-8;7-2-1-4(9)6(11)5(10)3-8;2*1-5(2,3)4/h1-2,4,6-8,13-15H,3H2,(H2,10,11,16);2,4-6,8-11H,1,3H2;2*(H3,1,2,3,4)/t4-,6-,7-,8-;;;/m1.../s1. The Morgan fingerprint density at radius 2 is 1.47 bits per heavy atom. The number of carbonyl (C=O) groups is 1. The van der Waals surface area contributed by atoms with Gasteiger partial charge in [-0.05, 0) is 6.07 Å². The van der Waals surface area contributed by atoms with E-state index in [1.807, 2.05) is 0 Å². The van der Waals surface area contributed by atoms with E-state index in [4.69, 9.17) is 74.5 Å². The van der Waals surface area contributed by atoms with Gasteiger partial charge in [0.1, 0.15) is 42.6 Å². The van der Waals surface area contributed by atoms with Crippen molar-refractivity contribution in [3.8, 4) is 0 Å². The van der Waals surface area contributed by atoms with E-state index in [9.17, 15) is 19.8 Å². The van der Waals surface area contributed by atoms with Gasteiger partial charge in [-0.1, -0.05) is 0 Å². The number of carbonyl (C=O) groups excluding carboxylic acids is 1. The van der Waals surface area contributed by atoms with Crippen LogP contribution in [0.15, 0.2) is 17.1 Å². The van der Waals surface area contributed by atoms with Gasteiger partial charge in [0.25, 0.3) is 0 Å². The number of aliphatic hydroxyl groups is 7. The van der Waals surface area contributed by atoms with Gasteiger partial charge in [0, 0.05) is 12.6 Å². The van der Waals surface area contributed by atoms with E-state index in [0.717, 1.165) is 4.57 Å². The molecule has 0 aliphatic carbocycles. The molecule has 0 spiro atoms. The molecule has 1 aromatic heterocycles. The fourth-order valence-electron chi connectivity index (χ4n) is 2.33. The Kier molecular flexibility index (Phi) is 17.9. The molecular formula is C15H31N3O18P2. The Labute approximate surface area is 212 Å². The first kappa shape index (κ1) is 38.4. The topological polar surface area (TPSA) is 384 Å². The molecule has 224 valence electrons. The van der Waals surface area contributed by atoms with Crippen LogP contribution in [0.2, 0.25) is 0 Å². The van der Waals surface area contributed by atoms with Crippen molar-refractivity contribution in [2.45, 2.75) is 49.3 Å². The lowest BCUT2D eigenvalue weighted by atomic mass is 10.1. The molecule has 15 N–H and O–H groups in total. The number of anilines is 1. The number of rotatable bonds is 7. The first-order valence-electron chi connectivity index (χ1n) is 9.80. The molecule has 1 aromatic rings. The highest BCUT2D eigenvalue weighted by molar-refractivity contribution is 7.45. The number of aromatic nitrogens is 2. The minimum absolute atomic E-state index is 0.0537. The van der Waals surface area contributed by atoms with E-state index < -0.39 is 77.4 Å². The maximum absolute atomic E-state index is 11.5. The fourth-order valence-corrected chi connectivity index (χ4v) is 2.33. The minimum Gasteiger partial charge on any atom is -0.394 e. The average molecular weight is 603 g/mol. The van der Waals surface area contributed by atoms with E-state index in [-0.39, 0.29) is 12.2 Å². The van der Waals surface area contributed by atoms with E-state index in [1.165, 1.54) is 12.3 Å². The summed E-state index contributed by atoms with van der Waals surface area (Å²) >= 11 is 0. The summed E-state index contributed by atoms with van der Waals surface area (Å²) in [5, 5.41) is 63.0. The van der Waals surface area contributed by atoms with Crippen LogP contribution in [0.25, 0.3) is 0 Å². The molecule has 2 rings (SSSR count). The molecule has 1 aliphatic heterocycles. The molecule has 0 radical (unpaired) electrons. The maximum atomic E-state index is 11.5. The van der Waals surface area contributed by atoms with Crippen LogP contribution in [0.1, 0.15) is 12.6 Å². The molecular weight excluding hydrogens is 572 g/mol. The average Bonchev–Trinajstić information content (AvgIpc) is 3.05. The fraction of sp³-hybridized carbons (Fsp3) is 0.667. The van der Waals surface area contributed by atoms with Crippen molar-refractivity contribution >= 4 is 27.7 Å². The Morgan fingerprint density at radius 3 is 1.82 bits per heavy atom. The molecule has 23 heteroatoms. The molecule has 0 bridgehead atoms. The molecule has 0 saturated carbocycles. The van der Waals surface area contributed by atoms with Crippen molar-refractivity contribution in [1.29, 1.82) is 0 Å². The second-order valence-corrected chi connectivity index (χ2v) is 9.06. The lowest BCUT2D eigenvalue weighted by Gasteiger charge is -2.19. The number of ether oxygens (including phenoxy) is 1. The Balaban J connectivity index is 0. The summed E-state index contributed by atoms with van der Waals surface area (Å²) in [5.74, 6) is 0.0537. The van der Waals surface area contributed by atoms with Gasteiger partial charge in [-0.2, -0.15) is 4.98 Å². The second-order valence-electron chi connectivity index (χ2n) is 7.01. The molecule has 21 nitrogen and oxygen atoms in total. The molecule has 1 saturated heterocycles. The quantitative estimate of drug-likeness (QED) is 0.102. The van der Waals surface area contributed by atoms with Crippen molar-refractivity contribution in [2.24, 2.45) is 0 Å². The van der Waals surface area contributed by atoms with Crippen LogP contribution in [0.5, 0.6) is 0 Å². The van der Waals surface area contributed by atoms with Gasteiger partial charge in [0.05, 0.1) is 19.3 Å². The zero-order chi connectivity index (χ0) is 30.4. The molecule has 0 aromatic carbocycles. The summed E-state index contributed by atoms with van der Waals surface area (Å²) < 4.78 is 24.0. The van der Waals surface area contributed by atoms with Crippen molar-refractivity contribution in [3.63, 3.8) is 0 Å². The number of hydrogen-bond acceptors (Lipinski definition) is 14. The van der Waals surface area contributed by atoms with Gasteiger partial charge in [-0.25, -0.2) is 13.9 Å². The predicted molar refractivity (Wildman–Crippen MR) is 120 cm³/mol. The number of nitrogens with two attached hydrogens (primary N) is 1. The molecule has 1 fully saturated rings. The highest BCUT2D eigenvalue weighted by Gasteiger charge is 2.43. The second kappa shape index (κ2) is 17.8. The predicted octanol–water partition coefficient (Wildman–Crippen LogP) is -6.77. The van der Waals surface area contributed by atoms with Crippen LogP contribution in [-0.4, -0.2) is 131 Å². The smallest absolute Gasteiger partial charge is 0.394 e. The van der Waals surface area contributed by atoms with Gasteiger partial charge in [-0.15, -0.1) is 0 Å². The van der Waals surface area contributed by atoms with Gasteiger partial charge in [0.2, 0.25) is 0 Å². The van der Waals surface area contributed by atoms with Crippen molar-refractivity contribution in [3.05, 3.63) is 22.7 Å². The third-order valence-electron chi connectivity index (χ3n) is 3.96. The van der Waals surface area contributed by atoms with Gasteiger partial charge >= 0.3 is 21.3 Å². The lowest BCUT2D eigenvalue weighted by molar-refractivity contribution is -0.115. The zero-order valence-corrected chi connectivity index (χ0v) is 20.9. The molecule has 0 amide bonds. The SMILES string of the molecule is Nc1ccn([C@@H]2O[C@H](CO)[C@@H](O)[C@H]2O)c(=O)n1.O=CCC(O)C(O)C(O)CO.O=P(O)(O)O.O=P(O)(O)O. The normalized spacial score (nSPS) is 23.3. The minimum atomic E-state index is -4.64. The summed E-state index contributed by atoms with van der Waals surface area (Å²) in [7, 11) is -9.28. The molecule has 7 atom stereocenters. The number of aldehydes is 1. The van der Waals surface area contributed by atoms with Gasteiger partial charge in [-0.3, -0.25) is 4.57 Å². The Hall–Kier alpha value is -1.75. The van der Waals surface area contributed by atoms with Crippen molar-refractivity contribution < 1.29 is 83.8 Å².